The number of nitrogens with two attached hydrogens (primary N) is 1. The summed E-state index contributed by atoms with van der Waals surface area (Å²) in [7, 11) is 0. The van der Waals surface area contributed by atoms with Gasteiger partial charge in [0.05, 0.1) is 5.56 Å². The second-order valence-electron chi connectivity index (χ2n) is 5.24. The number of nitrogen functional groups attached to an aromatic ring is 1. The summed E-state index contributed by atoms with van der Waals surface area (Å²) in [6, 6.07) is 2.13. The van der Waals surface area contributed by atoms with Crippen molar-refractivity contribution < 1.29 is 13.2 Å². The number of halogens is 3. The van der Waals surface area contributed by atoms with Crippen LogP contribution in [0.25, 0.3) is 0 Å². The van der Waals surface area contributed by atoms with Crippen LogP contribution in [0, 0.1) is 0 Å². The number of nitrogens with zero attached hydrogens (tertiary/aromatic N) is 2. The minimum Gasteiger partial charge on any atom is -0.368 e. The molecule has 2 rings (SSSR count). The predicted octanol–water partition coefficient (Wildman–Crippen LogP) is 2.28. The molecule has 1 aliphatic heterocycles. The minimum absolute atomic E-state index is 0.0128. The summed E-state index contributed by atoms with van der Waals surface area (Å²) < 4.78 is 38.4. The first kappa shape index (κ1) is 15.8. The van der Waals surface area contributed by atoms with Crippen molar-refractivity contribution in [1.82, 2.24) is 9.88 Å². The molecule has 0 aromatic carbocycles. The van der Waals surface area contributed by atoms with Crippen molar-refractivity contribution in [2.45, 2.75) is 32.0 Å². The molecule has 1 fully saturated rings. The van der Waals surface area contributed by atoms with Crippen LogP contribution in [0.3, 0.4) is 0 Å². The number of aromatic nitrogens is 1. The molecule has 1 aromatic heterocycles. The molecule has 0 amide bonds. The summed E-state index contributed by atoms with van der Waals surface area (Å²) in [6.07, 6.45) is -2.08. The van der Waals surface area contributed by atoms with E-state index in [2.05, 4.69) is 20.6 Å². The lowest BCUT2D eigenvalue weighted by Gasteiger charge is -2.24. The predicted molar refractivity (Wildman–Crippen MR) is 75.8 cm³/mol. The van der Waals surface area contributed by atoms with Crippen molar-refractivity contribution in [3.63, 3.8) is 0 Å². The fraction of sp³-hybridized carbons (Fsp3) is 0.615. The van der Waals surface area contributed by atoms with Gasteiger partial charge >= 0.3 is 6.18 Å². The summed E-state index contributed by atoms with van der Waals surface area (Å²) in [4.78, 5) is 6.31. The van der Waals surface area contributed by atoms with Crippen molar-refractivity contribution in [2.75, 3.05) is 30.4 Å². The Kier molecular flexibility index (Phi) is 4.89. The van der Waals surface area contributed by atoms with Gasteiger partial charge < -0.3 is 10.7 Å². The zero-order chi connectivity index (χ0) is 15.5. The highest BCUT2D eigenvalue weighted by Gasteiger charge is 2.31. The van der Waals surface area contributed by atoms with Gasteiger partial charge in [-0.2, -0.15) is 13.2 Å². The van der Waals surface area contributed by atoms with E-state index in [0.29, 0.717) is 6.54 Å². The monoisotopic (exact) mass is 303 g/mol. The standard InChI is InChI=1S/C13H20F3N5/c1-9(21-4-2-3-5-21)8-18-11-6-10(13(14,15)16)7-12(19-11)20-17/h6-7,9H,2-5,8,17H2,1H3,(H2,18,19,20). The van der Waals surface area contributed by atoms with Crippen molar-refractivity contribution in [3.05, 3.63) is 17.7 Å². The summed E-state index contributed by atoms with van der Waals surface area (Å²) >= 11 is 0. The number of pyridine rings is 1. The van der Waals surface area contributed by atoms with Gasteiger partial charge in [-0.15, -0.1) is 0 Å². The highest BCUT2D eigenvalue weighted by molar-refractivity contribution is 5.49. The molecule has 1 aromatic rings. The molecule has 0 aliphatic carbocycles. The van der Waals surface area contributed by atoms with Gasteiger partial charge in [-0.3, -0.25) is 4.90 Å². The number of anilines is 2. The third-order valence-electron chi connectivity index (χ3n) is 3.64. The molecule has 118 valence electrons. The summed E-state index contributed by atoms with van der Waals surface area (Å²) in [5.74, 6) is 5.33. The molecule has 21 heavy (non-hydrogen) atoms. The number of rotatable bonds is 5. The normalized spacial score (nSPS) is 17.8. The second kappa shape index (κ2) is 6.48. The maximum absolute atomic E-state index is 12.8. The highest BCUT2D eigenvalue weighted by atomic mass is 19.4. The van der Waals surface area contributed by atoms with Gasteiger partial charge in [-0.1, -0.05) is 0 Å². The number of alkyl halides is 3. The Morgan fingerprint density at radius 2 is 1.90 bits per heavy atom. The fourth-order valence-corrected chi connectivity index (χ4v) is 2.42. The van der Waals surface area contributed by atoms with Gasteiger partial charge in [-0.05, 0) is 45.0 Å². The van der Waals surface area contributed by atoms with Gasteiger partial charge in [-0.25, -0.2) is 10.8 Å². The first-order valence-corrected chi connectivity index (χ1v) is 6.94. The van der Waals surface area contributed by atoms with E-state index in [1.807, 2.05) is 6.92 Å². The maximum atomic E-state index is 12.8. The Morgan fingerprint density at radius 1 is 1.29 bits per heavy atom. The Hall–Kier alpha value is -1.54. The molecule has 0 radical (unpaired) electrons. The summed E-state index contributed by atoms with van der Waals surface area (Å²) in [5, 5.41) is 2.96. The highest BCUT2D eigenvalue weighted by Crippen LogP contribution is 2.31. The van der Waals surface area contributed by atoms with Crippen molar-refractivity contribution in [1.29, 1.82) is 0 Å². The number of hydrazine groups is 1. The van der Waals surface area contributed by atoms with Crippen LogP contribution in [0.2, 0.25) is 0 Å². The number of hydrogen-bond donors (Lipinski definition) is 3. The number of likely N-dealkylation sites (tertiary alicyclic amines) is 1. The maximum Gasteiger partial charge on any atom is 0.416 e. The van der Waals surface area contributed by atoms with E-state index in [1.165, 1.54) is 12.8 Å². The van der Waals surface area contributed by atoms with E-state index in [9.17, 15) is 13.2 Å². The Bertz CT molecular complexity index is 471. The molecule has 5 nitrogen and oxygen atoms in total. The Balaban J connectivity index is 2.04. The molecule has 4 N–H and O–H groups in total. The van der Waals surface area contributed by atoms with Crippen LogP contribution in [0.4, 0.5) is 24.8 Å². The van der Waals surface area contributed by atoms with Crippen molar-refractivity contribution in [3.8, 4) is 0 Å². The Morgan fingerprint density at radius 3 is 2.48 bits per heavy atom. The van der Waals surface area contributed by atoms with Gasteiger partial charge in [0.2, 0.25) is 0 Å². The first-order valence-electron chi connectivity index (χ1n) is 6.94. The van der Waals surface area contributed by atoms with E-state index < -0.39 is 11.7 Å². The molecular weight excluding hydrogens is 283 g/mol. The van der Waals surface area contributed by atoms with Crippen molar-refractivity contribution >= 4 is 11.6 Å². The average molecular weight is 303 g/mol. The molecule has 0 saturated carbocycles. The molecular formula is C13H20F3N5. The zero-order valence-corrected chi connectivity index (χ0v) is 11.9. The van der Waals surface area contributed by atoms with Gasteiger partial charge in [0.15, 0.2) is 0 Å². The van der Waals surface area contributed by atoms with Crippen LogP contribution in [-0.4, -0.2) is 35.6 Å². The first-order chi connectivity index (χ1) is 9.90. The largest absolute Gasteiger partial charge is 0.416 e. The molecule has 0 spiro atoms. The topological polar surface area (TPSA) is 66.2 Å². The van der Waals surface area contributed by atoms with E-state index in [1.54, 1.807) is 0 Å². The zero-order valence-electron chi connectivity index (χ0n) is 11.9. The Labute approximate surface area is 121 Å². The van der Waals surface area contributed by atoms with E-state index in [-0.39, 0.29) is 17.7 Å². The lowest BCUT2D eigenvalue weighted by atomic mass is 10.2. The lowest BCUT2D eigenvalue weighted by Crippen LogP contribution is -2.35. The second-order valence-corrected chi connectivity index (χ2v) is 5.24. The smallest absolute Gasteiger partial charge is 0.368 e. The van der Waals surface area contributed by atoms with E-state index in [4.69, 9.17) is 5.84 Å². The van der Waals surface area contributed by atoms with Gasteiger partial charge in [0.25, 0.3) is 0 Å². The van der Waals surface area contributed by atoms with Crippen LogP contribution in [0.15, 0.2) is 12.1 Å². The molecule has 0 bridgehead atoms. The third-order valence-corrected chi connectivity index (χ3v) is 3.64. The lowest BCUT2D eigenvalue weighted by molar-refractivity contribution is -0.137. The van der Waals surface area contributed by atoms with E-state index in [0.717, 1.165) is 25.2 Å². The summed E-state index contributed by atoms with van der Waals surface area (Å²) in [6.45, 7) is 4.66. The number of hydrogen-bond acceptors (Lipinski definition) is 5. The van der Waals surface area contributed by atoms with Crippen molar-refractivity contribution in [2.24, 2.45) is 5.84 Å². The van der Waals surface area contributed by atoms with Crippen LogP contribution < -0.4 is 16.6 Å². The van der Waals surface area contributed by atoms with Crippen LogP contribution in [-0.2, 0) is 6.18 Å². The van der Waals surface area contributed by atoms with E-state index >= 15 is 0 Å². The quantitative estimate of drug-likeness (QED) is 0.575. The average Bonchev–Trinajstić information content (AvgIpc) is 2.97. The van der Waals surface area contributed by atoms with Gasteiger partial charge in [0, 0.05) is 12.6 Å². The minimum atomic E-state index is -4.43. The molecule has 1 saturated heterocycles. The number of nitrogens with one attached hydrogen (secondary N) is 2. The molecule has 1 atom stereocenters. The molecule has 1 aliphatic rings. The fourth-order valence-electron chi connectivity index (χ4n) is 2.42. The van der Waals surface area contributed by atoms with Crippen LogP contribution in [0.5, 0.6) is 0 Å². The third kappa shape index (κ3) is 4.21. The van der Waals surface area contributed by atoms with Gasteiger partial charge in [0.1, 0.15) is 11.6 Å². The molecule has 8 heteroatoms. The summed E-state index contributed by atoms with van der Waals surface area (Å²) in [5.41, 5.74) is 1.38. The molecule has 2 heterocycles. The van der Waals surface area contributed by atoms with Crippen LogP contribution in [0.1, 0.15) is 25.3 Å². The van der Waals surface area contributed by atoms with Crippen LogP contribution >= 0.6 is 0 Å². The molecule has 1 unspecified atom stereocenters. The SMILES string of the molecule is CC(CNc1cc(C(F)(F)F)cc(NN)n1)N1CCCC1.